The molecular formula is C18H23N3O3. The van der Waals surface area contributed by atoms with E-state index in [0.717, 1.165) is 30.2 Å². The summed E-state index contributed by atoms with van der Waals surface area (Å²) in [4.78, 5) is 14.8. The van der Waals surface area contributed by atoms with Gasteiger partial charge in [0.05, 0.1) is 37.1 Å². The van der Waals surface area contributed by atoms with E-state index in [9.17, 15) is 9.90 Å². The first kappa shape index (κ1) is 15.6. The van der Waals surface area contributed by atoms with E-state index in [0.29, 0.717) is 19.8 Å². The zero-order valence-electron chi connectivity index (χ0n) is 13.7. The Morgan fingerprint density at radius 1 is 1.33 bits per heavy atom. The number of hydrogen-bond acceptors (Lipinski definition) is 4. The fraction of sp³-hybridized carbons (Fsp3) is 0.556. The minimum Gasteiger partial charge on any atom is -0.393 e. The van der Waals surface area contributed by atoms with Crippen LogP contribution in [0.4, 0.5) is 0 Å². The minimum atomic E-state index is -0.322. The van der Waals surface area contributed by atoms with Gasteiger partial charge >= 0.3 is 0 Å². The first-order chi connectivity index (χ1) is 11.7. The first-order valence-corrected chi connectivity index (χ1v) is 8.70. The Bertz CT molecular complexity index is 729. The van der Waals surface area contributed by atoms with Crippen molar-refractivity contribution in [2.45, 2.75) is 38.0 Å². The van der Waals surface area contributed by atoms with Gasteiger partial charge in [-0.25, -0.2) is 0 Å². The molecule has 24 heavy (non-hydrogen) atoms. The lowest BCUT2D eigenvalue weighted by atomic mass is 9.94. The van der Waals surface area contributed by atoms with Crippen molar-refractivity contribution in [1.82, 2.24) is 14.7 Å². The molecule has 3 unspecified atom stereocenters. The number of aliphatic hydroxyl groups is 1. The summed E-state index contributed by atoms with van der Waals surface area (Å²) in [7, 11) is 0. The van der Waals surface area contributed by atoms with Crippen LogP contribution in [0.1, 0.15) is 19.3 Å². The van der Waals surface area contributed by atoms with Gasteiger partial charge in [0.1, 0.15) is 6.54 Å². The third-order valence-corrected chi connectivity index (χ3v) is 5.35. The molecule has 3 atom stereocenters. The third-order valence-electron chi connectivity index (χ3n) is 5.35. The van der Waals surface area contributed by atoms with E-state index < -0.39 is 0 Å². The molecule has 2 aliphatic rings. The van der Waals surface area contributed by atoms with Gasteiger partial charge in [0.2, 0.25) is 5.91 Å². The second-order valence-corrected chi connectivity index (χ2v) is 6.75. The van der Waals surface area contributed by atoms with Gasteiger partial charge in [-0.2, -0.15) is 5.10 Å². The van der Waals surface area contributed by atoms with E-state index in [4.69, 9.17) is 4.74 Å². The van der Waals surface area contributed by atoms with Crippen molar-refractivity contribution in [3.8, 4) is 0 Å². The van der Waals surface area contributed by atoms with Crippen LogP contribution in [-0.4, -0.2) is 57.6 Å². The molecule has 128 valence electrons. The Morgan fingerprint density at radius 3 is 3.04 bits per heavy atom. The number of carbonyl (C=O) groups is 1. The third kappa shape index (κ3) is 2.80. The number of nitrogens with zero attached hydrogens (tertiary/aromatic N) is 3. The van der Waals surface area contributed by atoms with Crippen LogP contribution < -0.4 is 0 Å². The number of aliphatic hydroxyl groups excluding tert-OH is 1. The van der Waals surface area contributed by atoms with Crippen LogP contribution in [0.3, 0.4) is 0 Å². The molecule has 0 spiro atoms. The van der Waals surface area contributed by atoms with E-state index in [1.54, 1.807) is 10.9 Å². The Labute approximate surface area is 141 Å². The number of hydrogen-bond donors (Lipinski definition) is 1. The van der Waals surface area contributed by atoms with E-state index in [2.05, 4.69) is 5.10 Å². The standard InChI is InChI=1S/C18H23N3O3/c22-17-7-3-5-14(17)16-12-24-9-8-20(16)18(23)11-21-15-6-2-1-4-13(15)10-19-21/h1-2,4,6,10,14,16-17,22H,3,5,7-9,11-12H2. The van der Waals surface area contributed by atoms with Crippen molar-refractivity contribution in [3.05, 3.63) is 30.5 Å². The molecule has 2 heterocycles. The Morgan fingerprint density at radius 2 is 2.21 bits per heavy atom. The molecule has 1 aliphatic heterocycles. The second-order valence-electron chi connectivity index (χ2n) is 6.75. The van der Waals surface area contributed by atoms with E-state index >= 15 is 0 Å². The number of aromatic nitrogens is 2. The summed E-state index contributed by atoms with van der Waals surface area (Å²) in [5.41, 5.74) is 0.969. The molecule has 4 rings (SSSR count). The number of para-hydroxylation sites is 1. The molecule has 0 bridgehead atoms. The van der Waals surface area contributed by atoms with Crippen molar-refractivity contribution in [1.29, 1.82) is 0 Å². The largest absolute Gasteiger partial charge is 0.393 e. The van der Waals surface area contributed by atoms with E-state index in [-0.39, 0.29) is 30.5 Å². The highest BCUT2D eigenvalue weighted by atomic mass is 16.5. The van der Waals surface area contributed by atoms with Crippen LogP contribution in [0.2, 0.25) is 0 Å². The zero-order chi connectivity index (χ0) is 16.5. The molecule has 6 nitrogen and oxygen atoms in total. The number of fused-ring (bicyclic) bond motifs is 1. The van der Waals surface area contributed by atoms with Gasteiger partial charge in [-0.1, -0.05) is 24.6 Å². The molecule has 6 heteroatoms. The van der Waals surface area contributed by atoms with E-state index in [1.165, 1.54) is 0 Å². The van der Waals surface area contributed by atoms with Crippen LogP contribution >= 0.6 is 0 Å². The number of carbonyl (C=O) groups excluding carboxylic acids is 1. The lowest BCUT2D eigenvalue weighted by molar-refractivity contribution is -0.144. The maximum Gasteiger partial charge on any atom is 0.244 e. The molecule has 2 aromatic rings. The monoisotopic (exact) mass is 329 g/mol. The highest BCUT2D eigenvalue weighted by Crippen LogP contribution is 2.32. The lowest BCUT2D eigenvalue weighted by Crippen LogP contribution is -2.54. The fourth-order valence-corrected chi connectivity index (χ4v) is 4.08. The topological polar surface area (TPSA) is 67.6 Å². The summed E-state index contributed by atoms with van der Waals surface area (Å²) in [6, 6.07) is 7.88. The number of amides is 1. The molecule has 1 N–H and O–H groups in total. The maximum atomic E-state index is 12.9. The van der Waals surface area contributed by atoms with Crippen molar-refractivity contribution in [2.24, 2.45) is 5.92 Å². The lowest BCUT2D eigenvalue weighted by Gasteiger charge is -2.40. The van der Waals surface area contributed by atoms with Gasteiger partial charge in [0, 0.05) is 17.8 Å². The molecule has 1 saturated carbocycles. The second kappa shape index (κ2) is 6.53. The van der Waals surface area contributed by atoms with Gasteiger partial charge in [-0.3, -0.25) is 9.48 Å². The molecule has 1 saturated heterocycles. The maximum absolute atomic E-state index is 12.9. The number of morpholine rings is 1. The molecule has 1 amide bonds. The predicted octanol–water partition coefficient (Wildman–Crippen LogP) is 1.42. The van der Waals surface area contributed by atoms with Crippen molar-refractivity contribution in [2.75, 3.05) is 19.8 Å². The fourth-order valence-electron chi connectivity index (χ4n) is 4.08. The SMILES string of the molecule is O=C(Cn1ncc2ccccc21)N1CCOCC1C1CCCC1O. The Balaban J connectivity index is 1.53. The zero-order valence-corrected chi connectivity index (χ0v) is 13.7. The molecule has 0 radical (unpaired) electrons. The predicted molar refractivity (Wildman–Crippen MR) is 89.4 cm³/mol. The van der Waals surface area contributed by atoms with Crippen molar-refractivity contribution < 1.29 is 14.6 Å². The summed E-state index contributed by atoms with van der Waals surface area (Å²) >= 11 is 0. The highest BCUT2D eigenvalue weighted by Gasteiger charge is 2.39. The van der Waals surface area contributed by atoms with Gasteiger partial charge < -0.3 is 14.7 Å². The van der Waals surface area contributed by atoms with Crippen molar-refractivity contribution >= 4 is 16.8 Å². The summed E-state index contributed by atoms with van der Waals surface area (Å²) in [5, 5.41) is 15.6. The van der Waals surface area contributed by atoms with Crippen LogP contribution in [0.15, 0.2) is 30.5 Å². The van der Waals surface area contributed by atoms with Gasteiger partial charge in [-0.15, -0.1) is 0 Å². The van der Waals surface area contributed by atoms with Gasteiger partial charge in [0.15, 0.2) is 0 Å². The molecule has 2 fully saturated rings. The van der Waals surface area contributed by atoms with E-state index in [1.807, 2.05) is 29.2 Å². The van der Waals surface area contributed by atoms with Gasteiger partial charge in [0.25, 0.3) is 0 Å². The smallest absolute Gasteiger partial charge is 0.244 e. The minimum absolute atomic E-state index is 0.0226. The average Bonchev–Trinajstić information content (AvgIpc) is 3.21. The highest BCUT2D eigenvalue weighted by molar-refractivity contribution is 5.82. The first-order valence-electron chi connectivity index (χ1n) is 8.70. The molecule has 1 aromatic heterocycles. The van der Waals surface area contributed by atoms with Crippen LogP contribution in [0.25, 0.3) is 10.9 Å². The number of rotatable bonds is 3. The normalized spacial score (nSPS) is 27.7. The Kier molecular flexibility index (Phi) is 4.24. The molecule has 1 aromatic carbocycles. The quantitative estimate of drug-likeness (QED) is 0.925. The number of benzene rings is 1. The molecular weight excluding hydrogens is 306 g/mol. The summed E-state index contributed by atoms with van der Waals surface area (Å²) in [6.45, 7) is 1.90. The van der Waals surface area contributed by atoms with Crippen LogP contribution in [0, 0.1) is 5.92 Å². The molecule has 1 aliphatic carbocycles. The van der Waals surface area contributed by atoms with Gasteiger partial charge in [-0.05, 0) is 18.9 Å². The summed E-state index contributed by atoms with van der Waals surface area (Å²) in [5.74, 6) is 0.180. The van der Waals surface area contributed by atoms with Crippen LogP contribution in [-0.2, 0) is 16.1 Å². The Hall–Kier alpha value is -1.92. The summed E-state index contributed by atoms with van der Waals surface area (Å²) < 4.78 is 7.36. The van der Waals surface area contributed by atoms with Crippen molar-refractivity contribution in [3.63, 3.8) is 0 Å². The van der Waals surface area contributed by atoms with Crippen LogP contribution in [0.5, 0.6) is 0 Å². The summed E-state index contributed by atoms with van der Waals surface area (Å²) in [6.07, 6.45) is 4.28. The number of ether oxygens (including phenoxy) is 1. The average molecular weight is 329 g/mol.